The van der Waals surface area contributed by atoms with Crippen molar-refractivity contribution in [3.05, 3.63) is 83.9 Å². The van der Waals surface area contributed by atoms with Gasteiger partial charge in [0, 0.05) is 22.9 Å². The maximum absolute atomic E-state index is 12.6. The lowest BCUT2D eigenvalue weighted by atomic mass is 10.1. The monoisotopic (exact) mass is 425 g/mol. The molecule has 6 heteroatoms. The minimum Gasteiger partial charge on any atom is -0.478 e. The minimum absolute atomic E-state index is 0.168. The van der Waals surface area contributed by atoms with E-state index in [2.05, 4.69) is 9.88 Å². The maximum Gasteiger partial charge on any atom is 0.335 e. The van der Waals surface area contributed by atoms with Gasteiger partial charge >= 0.3 is 5.97 Å². The number of hydrogen-bond acceptors (Lipinski definition) is 3. The molecule has 3 aromatic carbocycles. The molecule has 6 nitrogen and oxygen atoms in total. The van der Waals surface area contributed by atoms with Gasteiger partial charge in [0.25, 0.3) is 5.91 Å². The fourth-order valence-electron chi connectivity index (χ4n) is 4.46. The summed E-state index contributed by atoms with van der Waals surface area (Å²) < 4.78 is 2.24. The molecule has 0 aliphatic heterocycles. The number of carboxylic acid groups (broad SMARTS) is 1. The highest BCUT2D eigenvalue weighted by Crippen LogP contribution is 2.37. The molecule has 5 rings (SSSR count). The predicted octanol–water partition coefficient (Wildman–Crippen LogP) is 5.77. The van der Waals surface area contributed by atoms with Crippen molar-refractivity contribution in [2.75, 3.05) is 5.32 Å². The summed E-state index contributed by atoms with van der Waals surface area (Å²) in [5, 5.41) is 12.3. The van der Waals surface area contributed by atoms with Crippen molar-refractivity contribution in [3.63, 3.8) is 0 Å². The largest absolute Gasteiger partial charge is 0.478 e. The molecular weight excluding hydrogens is 402 g/mol. The van der Waals surface area contributed by atoms with Gasteiger partial charge in [-0.3, -0.25) is 4.79 Å². The zero-order valence-corrected chi connectivity index (χ0v) is 17.5. The average Bonchev–Trinajstić information content (AvgIpc) is 3.47. The van der Waals surface area contributed by atoms with Crippen LogP contribution in [0.25, 0.3) is 22.4 Å². The molecule has 1 saturated carbocycles. The number of rotatable bonds is 5. The van der Waals surface area contributed by atoms with Crippen molar-refractivity contribution in [2.45, 2.75) is 31.7 Å². The SMILES string of the molecule is O=C(O)c1ccc2c(c1)nc(-c1ccc(C(=O)Nc3ccccc3)cc1)n2C1CCCC1. The number of para-hydroxylation sites is 1. The molecule has 2 N–H and O–H groups in total. The van der Waals surface area contributed by atoms with Crippen molar-refractivity contribution < 1.29 is 14.7 Å². The van der Waals surface area contributed by atoms with E-state index in [4.69, 9.17) is 4.98 Å². The fourth-order valence-corrected chi connectivity index (χ4v) is 4.46. The topological polar surface area (TPSA) is 84.2 Å². The van der Waals surface area contributed by atoms with Crippen LogP contribution in [0.3, 0.4) is 0 Å². The molecule has 160 valence electrons. The number of aromatic nitrogens is 2. The summed E-state index contributed by atoms with van der Waals surface area (Å²) in [6.07, 6.45) is 4.51. The van der Waals surface area contributed by atoms with Crippen molar-refractivity contribution >= 4 is 28.6 Å². The number of amides is 1. The van der Waals surface area contributed by atoms with E-state index in [1.165, 1.54) is 12.8 Å². The normalized spacial score (nSPS) is 14.0. The van der Waals surface area contributed by atoms with Gasteiger partial charge in [0.05, 0.1) is 16.6 Å². The van der Waals surface area contributed by atoms with E-state index in [0.29, 0.717) is 17.1 Å². The van der Waals surface area contributed by atoms with Crippen molar-refractivity contribution in [1.29, 1.82) is 0 Å². The molecule has 0 bridgehead atoms. The Morgan fingerprint density at radius 3 is 2.28 bits per heavy atom. The van der Waals surface area contributed by atoms with E-state index in [0.717, 1.165) is 35.4 Å². The Hall–Kier alpha value is -3.93. The summed E-state index contributed by atoms with van der Waals surface area (Å²) in [4.78, 5) is 28.8. The quantitative estimate of drug-likeness (QED) is 0.425. The molecule has 0 radical (unpaired) electrons. The van der Waals surface area contributed by atoms with Crippen LogP contribution >= 0.6 is 0 Å². The Kier molecular flexibility index (Phi) is 5.19. The summed E-state index contributed by atoms with van der Waals surface area (Å²) in [5.74, 6) is -0.319. The highest BCUT2D eigenvalue weighted by molar-refractivity contribution is 6.04. The van der Waals surface area contributed by atoms with Crippen molar-refractivity contribution in [2.24, 2.45) is 0 Å². The van der Waals surface area contributed by atoms with Crippen LogP contribution < -0.4 is 5.32 Å². The Labute approximate surface area is 185 Å². The second kappa shape index (κ2) is 8.30. The van der Waals surface area contributed by atoms with Gasteiger partial charge in [-0.2, -0.15) is 0 Å². The number of benzene rings is 3. The second-order valence-corrected chi connectivity index (χ2v) is 8.15. The Morgan fingerprint density at radius 1 is 0.906 bits per heavy atom. The number of carbonyl (C=O) groups excluding carboxylic acids is 1. The second-order valence-electron chi connectivity index (χ2n) is 8.15. The van der Waals surface area contributed by atoms with Crippen LogP contribution in [-0.4, -0.2) is 26.5 Å². The zero-order valence-electron chi connectivity index (χ0n) is 17.5. The number of imidazole rings is 1. The molecule has 32 heavy (non-hydrogen) atoms. The molecule has 1 heterocycles. The van der Waals surface area contributed by atoms with Crippen molar-refractivity contribution in [1.82, 2.24) is 9.55 Å². The van der Waals surface area contributed by atoms with Gasteiger partial charge in [0.15, 0.2) is 0 Å². The molecule has 1 aliphatic rings. The molecule has 0 unspecified atom stereocenters. The van der Waals surface area contributed by atoms with Gasteiger partial charge in [-0.1, -0.05) is 43.2 Å². The molecule has 0 saturated heterocycles. The fraction of sp³-hybridized carbons (Fsp3) is 0.192. The first-order chi connectivity index (χ1) is 15.6. The van der Waals surface area contributed by atoms with E-state index in [-0.39, 0.29) is 11.5 Å². The molecule has 0 spiro atoms. The van der Waals surface area contributed by atoms with E-state index >= 15 is 0 Å². The average molecular weight is 425 g/mol. The highest BCUT2D eigenvalue weighted by atomic mass is 16.4. The van der Waals surface area contributed by atoms with Crippen LogP contribution in [0.1, 0.15) is 52.4 Å². The number of hydrogen-bond donors (Lipinski definition) is 2. The standard InChI is InChI=1S/C26H23N3O3/c30-25(27-20-6-2-1-3-7-20)18-12-10-17(11-13-18)24-28-22-16-19(26(31)32)14-15-23(22)29(24)21-8-4-5-9-21/h1-3,6-7,10-16,21H,4-5,8-9H2,(H,27,30)(H,31,32). The van der Waals surface area contributed by atoms with Gasteiger partial charge in [0.2, 0.25) is 0 Å². The zero-order chi connectivity index (χ0) is 22.1. The number of carbonyl (C=O) groups is 2. The molecule has 0 atom stereocenters. The predicted molar refractivity (Wildman–Crippen MR) is 124 cm³/mol. The third-order valence-electron chi connectivity index (χ3n) is 6.06. The number of carboxylic acids is 1. The van der Waals surface area contributed by atoms with Gasteiger partial charge < -0.3 is 15.0 Å². The summed E-state index contributed by atoms with van der Waals surface area (Å²) in [6.45, 7) is 0. The van der Waals surface area contributed by atoms with Gasteiger partial charge in [0.1, 0.15) is 5.82 Å². The summed E-state index contributed by atoms with van der Waals surface area (Å²) in [7, 11) is 0. The van der Waals surface area contributed by atoms with E-state index in [1.807, 2.05) is 48.5 Å². The number of nitrogens with zero attached hydrogens (tertiary/aromatic N) is 2. The summed E-state index contributed by atoms with van der Waals surface area (Å²) in [5.41, 5.74) is 4.07. The molecule has 1 aromatic heterocycles. The molecular formula is C26H23N3O3. The first-order valence-corrected chi connectivity index (χ1v) is 10.8. The number of aromatic carboxylic acids is 1. The van der Waals surface area contributed by atoms with Crippen LogP contribution in [0.4, 0.5) is 5.69 Å². The lowest BCUT2D eigenvalue weighted by molar-refractivity contribution is 0.0696. The lowest BCUT2D eigenvalue weighted by Crippen LogP contribution is -2.11. The molecule has 4 aromatic rings. The molecule has 1 amide bonds. The van der Waals surface area contributed by atoms with Gasteiger partial charge in [-0.05, 0) is 55.3 Å². The van der Waals surface area contributed by atoms with E-state index < -0.39 is 5.97 Å². The van der Waals surface area contributed by atoms with Crippen molar-refractivity contribution in [3.8, 4) is 11.4 Å². The van der Waals surface area contributed by atoms with Crippen LogP contribution in [0.2, 0.25) is 0 Å². The number of fused-ring (bicyclic) bond motifs is 1. The Morgan fingerprint density at radius 2 is 1.59 bits per heavy atom. The van der Waals surface area contributed by atoms with Crippen LogP contribution in [0, 0.1) is 0 Å². The lowest BCUT2D eigenvalue weighted by Gasteiger charge is -2.16. The van der Waals surface area contributed by atoms with Crippen LogP contribution in [0.5, 0.6) is 0 Å². The smallest absolute Gasteiger partial charge is 0.335 e. The van der Waals surface area contributed by atoms with Gasteiger partial charge in [-0.25, -0.2) is 9.78 Å². The Balaban J connectivity index is 1.51. The number of nitrogens with one attached hydrogen (secondary N) is 1. The van der Waals surface area contributed by atoms with Gasteiger partial charge in [-0.15, -0.1) is 0 Å². The minimum atomic E-state index is -0.961. The highest BCUT2D eigenvalue weighted by Gasteiger charge is 2.24. The summed E-state index contributed by atoms with van der Waals surface area (Å²) >= 11 is 0. The summed E-state index contributed by atoms with van der Waals surface area (Å²) in [6, 6.07) is 22.2. The third-order valence-corrected chi connectivity index (χ3v) is 6.06. The first-order valence-electron chi connectivity index (χ1n) is 10.8. The first kappa shape index (κ1) is 20.0. The Bertz CT molecular complexity index is 1290. The molecule has 1 fully saturated rings. The van der Waals surface area contributed by atoms with Crippen LogP contribution in [0.15, 0.2) is 72.8 Å². The van der Waals surface area contributed by atoms with E-state index in [9.17, 15) is 14.7 Å². The third kappa shape index (κ3) is 3.75. The maximum atomic E-state index is 12.6. The number of anilines is 1. The van der Waals surface area contributed by atoms with E-state index in [1.54, 1.807) is 24.3 Å². The molecule has 1 aliphatic carbocycles. The van der Waals surface area contributed by atoms with Crippen LogP contribution in [-0.2, 0) is 0 Å².